The van der Waals surface area contributed by atoms with E-state index in [0.29, 0.717) is 66.6 Å². The number of hydrogen-bond donors (Lipinski definition) is 2. The lowest BCUT2D eigenvalue weighted by Crippen LogP contribution is -2.47. The van der Waals surface area contributed by atoms with E-state index in [1.807, 2.05) is 11.0 Å². The predicted molar refractivity (Wildman–Crippen MR) is 136 cm³/mol. The third kappa shape index (κ3) is 5.28. The van der Waals surface area contributed by atoms with Crippen molar-refractivity contribution in [2.75, 3.05) is 41.3 Å². The molecule has 4 rings (SSSR count). The lowest BCUT2D eigenvalue weighted by molar-refractivity contribution is 0.143. The first-order valence-electron chi connectivity index (χ1n) is 11.3. The van der Waals surface area contributed by atoms with Crippen molar-refractivity contribution in [1.29, 1.82) is 5.26 Å². The largest absolute Gasteiger partial charge is 0.442 e. The molecule has 180 valence electrons. The predicted octanol–water partition coefficient (Wildman–Crippen LogP) is 4.29. The molecular weight excluding hydrogens is 467 g/mol. The fourth-order valence-corrected chi connectivity index (χ4v) is 4.42. The smallest absolute Gasteiger partial charge is 0.414 e. The van der Waals surface area contributed by atoms with Crippen LogP contribution in [0.15, 0.2) is 42.5 Å². The number of para-hydroxylation sites is 1. The molecule has 2 aliphatic rings. The van der Waals surface area contributed by atoms with E-state index < -0.39 is 17.6 Å². The number of cyclic esters (lactones) is 1. The van der Waals surface area contributed by atoms with Crippen LogP contribution in [-0.2, 0) is 4.74 Å². The van der Waals surface area contributed by atoms with E-state index in [0.717, 1.165) is 0 Å². The quantitative estimate of drug-likeness (QED) is 0.460. The fraction of sp³-hybridized carbons (Fsp3) is 0.360. The van der Waals surface area contributed by atoms with Crippen LogP contribution in [0.4, 0.5) is 26.2 Å². The van der Waals surface area contributed by atoms with Gasteiger partial charge in [0.05, 0.1) is 53.5 Å². The zero-order valence-electron chi connectivity index (χ0n) is 19.3. The molecule has 2 N–H and O–H groups in total. The number of benzene rings is 2. The summed E-state index contributed by atoms with van der Waals surface area (Å²) in [6.45, 7) is 11.2. The summed E-state index contributed by atoms with van der Waals surface area (Å²) in [6, 6.07) is 13.9. The Balaban J connectivity index is 1.42. The molecule has 0 aliphatic carbocycles. The number of thiocarbonyl (C=S) groups is 1. The monoisotopic (exact) mass is 492 g/mol. The van der Waals surface area contributed by atoms with E-state index in [4.69, 9.17) is 23.5 Å². The lowest BCUT2D eigenvalue weighted by atomic mass is 9.96. The number of ether oxygens (including phenoxy) is 1. The highest BCUT2D eigenvalue weighted by Gasteiger charge is 2.41. The number of carbonyl (C=O) groups excluding carboxylic acids is 1. The molecule has 2 aliphatic heterocycles. The van der Waals surface area contributed by atoms with Crippen molar-refractivity contribution in [2.45, 2.75) is 31.5 Å². The number of hydrogen-bond acceptors (Lipinski definition) is 6. The summed E-state index contributed by atoms with van der Waals surface area (Å²) in [5.41, 5.74) is 1.10. The van der Waals surface area contributed by atoms with Gasteiger partial charge >= 0.3 is 11.8 Å². The van der Waals surface area contributed by atoms with Gasteiger partial charge in [-0.2, -0.15) is 5.26 Å². The molecule has 0 spiro atoms. The number of amides is 1. The van der Waals surface area contributed by atoms with Crippen LogP contribution in [0.1, 0.15) is 25.3 Å². The van der Waals surface area contributed by atoms with Crippen molar-refractivity contribution in [1.82, 2.24) is 5.32 Å². The zero-order chi connectivity index (χ0) is 25.0. The van der Waals surface area contributed by atoms with Gasteiger partial charge in [-0.25, -0.2) is 15.8 Å². The highest BCUT2D eigenvalue weighted by molar-refractivity contribution is 7.80. The number of anilines is 3. The first kappa shape index (κ1) is 24.2. The molecule has 2 heterocycles. The second-order valence-electron chi connectivity index (χ2n) is 8.60. The van der Waals surface area contributed by atoms with Gasteiger partial charge in [0.15, 0.2) is 0 Å². The molecule has 1 amide bonds. The Hall–Kier alpha value is -3.89. The van der Waals surface area contributed by atoms with Crippen molar-refractivity contribution in [3.63, 3.8) is 0 Å². The van der Waals surface area contributed by atoms with E-state index >= 15 is 4.39 Å². The molecule has 0 saturated carbocycles. The highest BCUT2D eigenvalue weighted by atomic mass is 32.1. The Morgan fingerprint density at radius 1 is 1.34 bits per heavy atom. The Bertz CT molecular complexity index is 1220. The molecule has 35 heavy (non-hydrogen) atoms. The van der Waals surface area contributed by atoms with Crippen molar-refractivity contribution < 1.29 is 13.9 Å². The average Bonchev–Trinajstić information content (AvgIpc) is 3.24. The van der Waals surface area contributed by atoms with Gasteiger partial charge in [-0.15, -0.1) is 0 Å². The molecule has 2 fully saturated rings. The summed E-state index contributed by atoms with van der Waals surface area (Å²) in [5.74, 6) is -0.440. The number of nitrogens with zero attached hydrogens (tertiary/aromatic N) is 4. The van der Waals surface area contributed by atoms with Crippen molar-refractivity contribution >= 4 is 40.4 Å². The molecule has 2 aromatic rings. The molecule has 0 unspecified atom stereocenters. The van der Waals surface area contributed by atoms with E-state index in [1.54, 1.807) is 37.3 Å². The van der Waals surface area contributed by atoms with Crippen LogP contribution < -0.4 is 20.4 Å². The first-order chi connectivity index (χ1) is 16.8. The highest BCUT2D eigenvalue weighted by Crippen LogP contribution is 2.34. The van der Waals surface area contributed by atoms with E-state index in [2.05, 4.69) is 21.5 Å². The van der Waals surface area contributed by atoms with Crippen LogP contribution in [0.25, 0.3) is 4.85 Å². The first-order valence-corrected chi connectivity index (χ1v) is 11.7. The van der Waals surface area contributed by atoms with Crippen LogP contribution in [0.5, 0.6) is 0 Å². The maximum Gasteiger partial charge on any atom is 0.414 e. The number of carbonyl (C=O) groups is 1. The van der Waals surface area contributed by atoms with Gasteiger partial charge in [0, 0.05) is 13.1 Å². The molecular formula is C25H25FN6O2S. The average molecular weight is 493 g/mol. The second kappa shape index (κ2) is 10.2. The number of halogens is 1. The number of nitrogens with one attached hydrogen (secondary N) is 2. The topological polar surface area (TPSA) is 85.0 Å². The number of nitriles is 1. The summed E-state index contributed by atoms with van der Waals surface area (Å²) in [7, 11) is 0. The summed E-state index contributed by atoms with van der Waals surface area (Å²) in [5, 5.41) is 15.6. The minimum atomic E-state index is -0.858. The van der Waals surface area contributed by atoms with Crippen molar-refractivity contribution in [3.05, 3.63) is 65.3 Å². The maximum atomic E-state index is 15.1. The van der Waals surface area contributed by atoms with E-state index in [9.17, 15) is 10.1 Å². The van der Waals surface area contributed by atoms with Gasteiger partial charge < -0.3 is 20.3 Å². The third-order valence-corrected chi connectivity index (χ3v) is 6.40. The second-order valence-corrected chi connectivity index (χ2v) is 9.21. The van der Waals surface area contributed by atoms with Gasteiger partial charge in [0.1, 0.15) is 18.0 Å². The molecule has 8 nitrogen and oxygen atoms in total. The summed E-state index contributed by atoms with van der Waals surface area (Å²) < 4.78 is 20.5. The van der Waals surface area contributed by atoms with E-state index in [1.165, 1.54) is 11.0 Å². The Morgan fingerprint density at radius 2 is 2.09 bits per heavy atom. The lowest BCUT2D eigenvalue weighted by Gasteiger charge is -2.36. The van der Waals surface area contributed by atoms with Crippen LogP contribution in [0, 0.1) is 23.7 Å². The SMILES string of the molecule is [C-]#[N+]C1(Nc2ccccc2C#N)CCN(c2ccc(N3C[C@H](CNC(C)=S)OC3=O)cc2F)CC1. The molecule has 2 aromatic carbocycles. The Morgan fingerprint density at radius 3 is 2.74 bits per heavy atom. The van der Waals surface area contributed by atoms with Crippen molar-refractivity contribution in [2.24, 2.45) is 0 Å². The summed E-state index contributed by atoms with van der Waals surface area (Å²) >= 11 is 4.99. The van der Waals surface area contributed by atoms with Gasteiger partial charge in [0.2, 0.25) is 0 Å². The van der Waals surface area contributed by atoms with Crippen LogP contribution in [0.2, 0.25) is 0 Å². The van der Waals surface area contributed by atoms with Crippen LogP contribution >= 0.6 is 12.2 Å². The van der Waals surface area contributed by atoms with E-state index in [-0.39, 0.29) is 6.10 Å². The molecule has 2 saturated heterocycles. The zero-order valence-corrected chi connectivity index (χ0v) is 20.1. The Labute approximate surface area is 209 Å². The molecule has 0 radical (unpaired) electrons. The molecule has 1 atom stereocenters. The minimum absolute atomic E-state index is 0.306. The molecule has 0 bridgehead atoms. The number of rotatable bonds is 6. The number of piperidine rings is 1. The Kier molecular flexibility index (Phi) is 7.04. The maximum absolute atomic E-state index is 15.1. The summed E-state index contributed by atoms with van der Waals surface area (Å²) in [6.07, 6.45) is 0.0356. The summed E-state index contributed by atoms with van der Waals surface area (Å²) in [4.78, 5) is 20.1. The molecule has 0 aromatic heterocycles. The van der Waals surface area contributed by atoms with Gasteiger partial charge in [-0.05, 0) is 37.3 Å². The normalized spacial score (nSPS) is 18.9. The van der Waals surface area contributed by atoms with Crippen LogP contribution in [-0.4, -0.2) is 49.0 Å². The standard InChI is InChI=1S/C25H25FN6O2S/c1-17(35)29-15-20-16-32(24(33)34-20)19-7-8-23(21(26)13-19)31-11-9-25(28-2,10-12-31)30-22-6-4-3-5-18(22)14-27/h3-8,13,20,30H,9-12,15-16H2,1H3,(H,29,35)/t20-/m0/s1. The molecule has 10 heteroatoms. The van der Waals surface area contributed by atoms with Gasteiger partial charge in [-0.1, -0.05) is 24.4 Å². The van der Waals surface area contributed by atoms with Gasteiger partial charge in [0.25, 0.3) is 0 Å². The fourth-order valence-electron chi connectivity index (χ4n) is 4.34. The van der Waals surface area contributed by atoms with Crippen molar-refractivity contribution in [3.8, 4) is 6.07 Å². The third-order valence-electron chi connectivity index (χ3n) is 6.26. The van der Waals surface area contributed by atoms with Gasteiger partial charge in [-0.3, -0.25) is 9.74 Å². The minimum Gasteiger partial charge on any atom is -0.442 e. The van der Waals surface area contributed by atoms with Crippen LogP contribution in [0.3, 0.4) is 0 Å².